The number of hydrogen-bond donors (Lipinski definition) is 2. The van der Waals surface area contributed by atoms with Crippen molar-refractivity contribution in [2.75, 3.05) is 50.1 Å². The summed E-state index contributed by atoms with van der Waals surface area (Å²) in [5.74, 6) is 0.0825. The van der Waals surface area contributed by atoms with Gasteiger partial charge in [-0.05, 0) is 13.8 Å². The zero-order valence-electron chi connectivity index (χ0n) is 12.4. The molecule has 1 fully saturated rings. The molecule has 2 heterocycles. The van der Waals surface area contributed by atoms with Crippen LogP contribution in [0.15, 0.2) is 0 Å². The minimum Gasteiger partial charge on any atom is -0.382 e. The number of nitrogens with one attached hydrogen (secondary N) is 1. The largest absolute Gasteiger partial charge is 0.382 e. The van der Waals surface area contributed by atoms with Crippen molar-refractivity contribution < 1.29 is 14.3 Å². The van der Waals surface area contributed by atoms with Crippen LogP contribution in [-0.4, -0.2) is 56.5 Å². The van der Waals surface area contributed by atoms with Gasteiger partial charge >= 0.3 is 0 Å². The van der Waals surface area contributed by atoms with Crippen molar-refractivity contribution in [1.82, 2.24) is 10.3 Å². The summed E-state index contributed by atoms with van der Waals surface area (Å²) in [7, 11) is 0. The Labute approximate surface area is 128 Å². The van der Waals surface area contributed by atoms with Crippen LogP contribution < -0.4 is 16.0 Å². The van der Waals surface area contributed by atoms with E-state index in [1.165, 1.54) is 11.3 Å². The van der Waals surface area contributed by atoms with Gasteiger partial charge in [-0.25, -0.2) is 4.98 Å². The molecule has 1 aliphatic heterocycles. The Morgan fingerprint density at radius 2 is 2.29 bits per heavy atom. The number of rotatable bonds is 6. The summed E-state index contributed by atoms with van der Waals surface area (Å²) in [6.45, 7) is 7.81. The number of aromatic nitrogens is 1. The van der Waals surface area contributed by atoms with Crippen molar-refractivity contribution in [3.63, 3.8) is 0 Å². The van der Waals surface area contributed by atoms with Gasteiger partial charge in [0.25, 0.3) is 5.91 Å². The van der Waals surface area contributed by atoms with E-state index in [-0.39, 0.29) is 17.8 Å². The Morgan fingerprint density at radius 3 is 2.95 bits per heavy atom. The van der Waals surface area contributed by atoms with E-state index >= 15 is 0 Å². The third kappa shape index (κ3) is 4.29. The number of anilines is 2. The molecular weight excluding hydrogens is 292 g/mol. The van der Waals surface area contributed by atoms with Crippen molar-refractivity contribution in [2.24, 2.45) is 0 Å². The van der Waals surface area contributed by atoms with Gasteiger partial charge in [-0.15, -0.1) is 0 Å². The fourth-order valence-electron chi connectivity index (χ4n) is 2.03. The van der Waals surface area contributed by atoms with Crippen molar-refractivity contribution in [2.45, 2.75) is 20.0 Å². The van der Waals surface area contributed by atoms with Crippen LogP contribution >= 0.6 is 11.3 Å². The maximum atomic E-state index is 12.2. The van der Waals surface area contributed by atoms with Crippen LogP contribution in [0.5, 0.6) is 0 Å². The molecule has 1 aliphatic rings. The third-order valence-electron chi connectivity index (χ3n) is 3.13. The number of nitrogens with two attached hydrogens (primary N) is 1. The van der Waals surface area contributed by atoms with E-state index in [0.717, 1.165) is 18.2 Å². The Hall–Kier alpha value is -1.38. The molecule has 1 aromatic rings. The summed E-state index contributed by atoms with van der Waals surface area (Å²) < 4.78 is 10.7. The van der Waals surface area contributed by atoms with Crippen LogP contribution in [0, 0.1) is 0 Å². The highest BCUT2D eigenvalue weighted by Gasteiger charge is 2.21. The number of nitrogen functional groups attached to an aromatic ring is 1. The number of nitrogens with zero attached hydrogens (tertiary/aromatic N) is 2. The molecule has 0 aromatic carbocycles. The molecule has 1 amide bonds. The highest BCUT2D eigenvalue weighted by Crippen LogP contribution is 2.28. The van der Waals surface area contributed by atoms with Gasteiger partial charge in [0.2, 0.25) is 0 Å². The second-order valence-electron chi connectivity index (χ2n) is 4.79. The van der Waals surface area contributed by atoms with E-state index < -0.39 is 0 Å². The van der Waals surface area contributed by atoms with E-state index in [4.69, 9.17) is 15.2 Å². The van der Waals surface area contributed by atoms with Gasteiger partial charge in [0.15, 0.2) is 5.13 Å². The molecule has 0 spiro atoms. The fraction of sp³-hybridized carbons (Fsp3) is 0.692. The molecule has 1 saturated heterocycles. The molecule has 118 valence electrons. The third-order valence-corrected chi connectivity index (χ3v) is 4.26. The lowest BCUT2D eigenvalue weighted by atomic mass is 10.4. The Morgan fingerprint density at radius 1 is 1.57 bits per heavy atom. The fourth-order valence-corrected chi connectivity index (χ4v) is 2.99. The van der Waals surface area contributed by atoms with Crippen LogP contribution in [0.25, 0.3) is 0 Å². The molecule has 0 saturated carbocycles. The topological polar surface area (TPSA) is 89.7 Å². The average Bonchev–Trinajstić information content (AvgIpc) is 2.88. The van der Waals surface area contributed by atoms with Gasteiger partial charge in [0.05, 0.1) is 19.3 Å². The molecule has 0 bridgehead atoms. The lowest BCUT2D eigenvalue weighted by Crippen LogP contribution is -2.36. The van der Waals surface area contributed by atoms with E-state index in [1.54, 1.807) is 0 Å². The summed E-state index contributed by atoms with van der Waals surface area (Å²) in [5, 5.41) is 3.60. The first-order valence-corrected chi connectivity index (χ1v) is 7.92. The van der Waals surface area contributed by atoms with E-state index in [0.29, 0.717) is 31.2 Å². The maximum Gasteiger partial charge on any atom is 0.265 e. The summed E-state index contributed by atoms with van der Waals surface area (Å²) in [5.41, 5.74) is 5.86. The monoisotopic (exact) mass is 314 g/mol. The number of hydrogen-bond acceptors (Lipinski definition) is 7. The molecule has 0 radical (unpaired) electrons. The molecule has 1 unspecified atom stereocenters. The lowest BCUT2D eigenvalue weighted by Gasteiger charge is -2.25. The normalized spacial score (nSPS) is 16.8. The second kappa shape index (κ2) is 7.58. The summed E-state index contributed by atoms with van der Waals surface area (Å²) in [4.78, 5) is 19.0. The number of thiazole rings is 1. The average molecular weight is 314 g/mol. The van der Waals surface area contributed by atoms with Gasteiger partial charge < -0.3 is 25.4 Å². The molecular formula is C13H22N4O3S. The molecule has 21 heavy (non-hydrogen) atoms. The maximum absolute atomic E-state index is 12.2. The van der Waals surface area contributed by atoms with Gasteiger partial charge in [-0.1, -0.05) is 11.3 Å². The van der Waals surface area contributed by atoms with Gasteiger partial charge in [0.1, 0.15) is 10.7 Å². The van der Waals surface area contributed by atoms with Crippen molar-refractivity contribution in [3.8, 4) is 0 Å². The Kier molecular flexibility index (Phi) is 5.77. The number of morpholine rings is 1. The van der Waals surface area contributed by atoms with Crippen LogP contribution in [0.1, 0.15) is 23.5 Å². The second-order valence-corrected chi connectivity index (χ2v) is 5.76. The number of carbonyl (C=O) groups is 1. The van der Waals surface area contributed by atoms with Crippen molar-refractivity contribution in [1.29, 1.82) is 0 Å². The SMILES string of the molecule is CCOC(C)CNC(=O)c1sc(N2CCOCC2)nc1N. The van der Waals surface area contributed by atoms with Gasteiger partial charge in [-0.3, -0.25) is 4.79 Å². The van der Waals surface area contributed by atoms with Crippen molar-refractivity contribution in [3.05, 3.63) is 4.88 Å². The molecule has 0 aliphatic carbocycles. The molecule has 3 N–H and O–H groups in total. The lowest BCUT2D eigenvalue weighted by molar-refractivity contribution is 0.0697. The zero-order chi connectivity index (χ0) is 15.2. The first kappa shape index (κ1) is 16.0. The Balaban J connectivity index is 1.96. The zero-order valence-corrected chi connectivity index (χ0v) is 13.2. The molecule has 7 nitrogen and oxygen atoms in total. The quantitative estimate of drug-likeness (QED) is 0.804. The Bertz CT molecular complexity index is 474. The van der Waals surface area contributed by atoms with E-state index in [1.807, 2.05) is 13.8 Å². The molecule has 2 rings (SSSR count). The van der Waals surface area contributed by atoms with Crippen LogP contribution in [0.3, 0.4) is 0 Å². The molecule has 1 aromatic heterocycles. The predicted octanol–water partition coefficient (Wildman–Crippen LogP) is 0.717. The first-order chi connectivity index (χ1) is 10.1. The van der Waals surface area contributed by atoms with E-state index in [2.05, 4.69) is 15.2 Å². The number of ether oxygens (including phenoxy) is 2. The predicted molar refractivity (Wildman–Crippen MR) is 83.0 cm³/mol. The van der Waals surface area contributed by atoms with Gasteiger partial charge in [-0.2, -0.15) is 0 Å². The van der Waals surface area contributed by atoms with Crippen molar-refractivity contribution >= 4 is 28.2 Å². The van der Waals surface area contributed by atoms with Gasteiger partial charge in [0, 0.05) is 26.2 Å². The first-order valence-electron chi connectivity index (χ1n) is 7.10. The van der Waals surface area contributed by atoms with Crippen LogP contribution in [-0.2, 0) is 9.47 Å². The number of carbonyl (C=O) groups excluding carboxylic acids is 1. The highest BCUT2D eigenvalue weighted by atomic mass is 32.1. The van der Waals surface area contributed by atoms with Crippen LogP contribution in [0.2, 0.25) is 0 Å². The summed E-state index contributed by atoms with van der Waals surface area (Å²) >= 11 is 1.32. The standard InChI is InChI=1S/C13H22N4O3S/c1-3-20-9(2)8-15-12(18)10-11(14)16-13(21-10)17-4-6-19-7-5-17/h9H,3-8,14H2,1-2H3,(H,15,18). The molecule has 1 atom stereocenters. The minimum atomic E-state index is -0.198. The molecule has 8 heteroatoms. The summed E-state index contributed by atoms with van der Waals surface area (Å²) in [6.07, 6.45) is -0.0215. The highest BCUT2D eigenvalue weighted by molar-refractivity contribution is 7.18. The van der Waals surface area contributed by atoms with E-state index in [9.17, 15) is 4.79 Å². The number of amides is 1. The smallest absolute Gasteiger partial charge is 0.265 e. The minimum absolute atomic E-state index is 0.0215. The van der Waals surface area contributed by atoms with Crippen LogP contribution in [0.4, 0.5) is 10.9 Å². The summed E-state index contributed by atoms with van der Waals surface area (Å²) in [6, 6.07) is 0.